The van der Waals surface area contributed by atoms with Crippen molar-refractivity contribution in [2.24, 2.45) is 0 Å². The molecule has 2 atom stereocenters. The molecule has 1 aromatic rings. The summed E-state index contributed by atoms with van der Waals surface area (Å²) < 4.78 is 0. The number of rotatable bonds is 5. The number of piperidine rings is 1. The van der Waals surface area contributed by atoms with Crippen molar-refractivity contribution in [1.29, 1.82) is 0 Å². The number of carbonyl (C=O) groups excluding carboxylic acids is 2. The van der Waals surface area contributed by atoms with Gasteiger partial charge in [0.1, 0.15) is 0 Å². The molecular weight excluding hydrogens is 314 g/mol. The van der Waals surface area contributed by atoms with Gasteiger partial charge in [0.05, 0.1) is 0 Å². The summed E-state index contributed by atoms with van der Waals surface area (Å²) in [6.45, 7) is 3.45. The molecule has 0 radical (unpaired) electrons. The average Bonchev–Trinajstić information content (AvgIpc) is 2.55. The van der Waals surface area contributed by atoms with E-state index in [-0.39, 0.29) is 30.3 Å². The fraction of sp³-hybridized carbons (Fsp3) is 0.529. The Morgan fingerprint density at radius 3 is 2.65 bits per heavy atom. The van der Waals surface area contributed by atoms with Crippen LogP contribution in [0.4, 0.5) is 0 Å². The van der Waals surface area contributed by atoms with Gasteiger partial charge >= 0.3 is 0 Å². The molecule has 23 heavy (non-hydrogen) atoms. The van der Waals surface area contributed by atoms with Crippen LogP contribution in [-0.2, 0) is 4.79 Å². The van der Waals surface area contributed by atoms with Crippen molar-refractivity contribution in [3.63, 3.8) is 0 Å². The molecule has 2 N–H and O–H groups in total. The SMILES string of the molecule is CNC1CCCN(C(=O)CC(C)NC(=O)c2ccccc2)C1.Cl. The molecule has 1 aliphatic heterocycles. The lowest BCUT2D eigenvalue weighted by Crippen LogP contribution is -2.48. The number of benzene rings is 1. The Morgan fingerprint density at radius 2 is 2.00 bits per heavy atom. The lowest BCUT2D eigenvalue weighted by molar-refractivity contribution is -0.132. The maximum atomic E-state index is 12.3. The second-order valence-electron chi connectivity index (χ2n) is 5.91. The number of amides is 2. The summed E-state index contributed by atoms with van der Waals surface area (Å²) in [6, 6.07) is 9.28. The Bertz CT molecular complexity index is 510. The minimum absolute atomic E-state index is 0. The van der Waals surface area contributed by atoms with Crippen molar-refractivity contribution in [3.05, 3.63) is 35.9 Å². The molecule has 1 aliphatic rings. The number of halogens is 1. The number of hydrogen-bond acceptors (Lipinski definition) is 3. The van der Waals surface area contributed by atoms with Gasteiger partial charge in [-0.1, -0.05) is 18.2 Å². The van der Waals surface area contributed by atoms with Crippen molar-refractivity contribution in [2.75, 3.05) is 20.1 Å². The summed E-state index contributed by atoms with van der Waals surface area (Å²) in [5, 5.41) is 6.12. The largest absolute Gasteiger partial charge is 0.349 e. The van der Waals surface area contributed by atoms with E-state index in [0.717, 1.165) is 25.9 Å². The summed E-state index contributed by atoms with van der Waals surface area (Å²) in [4.78, 5) is 26.3. The number of likely N-dealkylation sites (N-methyl/N-ethyl adjacent to an activating group) is 1. The van der Waals surface area contributed by atoms with Crippen LogP contribution in [0.5, 0.6) is 0 Å². The average molecular weight is 340 g/mol. The van der Waals surface area contributed by atoms with E-state index in [1.807, 2.05) is 37.1 Å². The first-order valence-corrected chi connectivity index (χ1v) is 7.91. The third-order valence-corrected chi connectivity index (χ3v) is 4.08. The molecule has 128 valence electrons. The van der Waals surface area contributed by atoms with Crippen molar-refractivity contribution >= 4 is 24.2 Å². The first-order valence-electron chi connectivity index (χ1n) is 7.91. The van der Waals surface area contributed by atoms with E-state index in [1.54, 1.807) is 12.1 Å². The smallest absolute Gasteiger partial charge is 0.251 e. The summed E-state index contributed by atoms with van der Waals surface area (Å²) in [5.74, 6) is -0.0199. The molecule has 0 aromatic heterocycles. The fourth-order valence-electron chi connectivity index (χ4n) is 2.78. The molecule has 0 saturated carbocycles. The van der Waals surface area contributed by atoms with E-state index < -0.39 is 0 Å². The van der Waals surface area contributed by atoms with Gasteiger partial charge in [0.15, 0.2) is 0 Å². The van der Waals surface area contributed by atoms with Gasteiger partial charge in [-0.3, -0.25) is 9.59 Å². The van der Waals surface area contributed by atoms with E-state index in [1.165, 1.54) is 0 Å². The zero-order valence-corrected chi connectivity index (χ0v) is 14.6. The van der Waals surface area contributed by atoms with Crippen LogP contribution in [0, 0.1) is 0 Å². The molecule has 1 heterocycles. The Hall–Kier alpha value is -1.59. The van der Waals surface area contributed by atoms with Crippen LogP contribution in [0.2, 0.25) is 0 Å². The Balaban J connectivity index is 0.00000264. The number of likely N-dealkylation sites (tertiary alicyclic amines) is 1. The summed E-state index contributed by atoms with van der Waals surface area (Å²) >= 11 is 0. The molecule has 2 unspecified atom stereocenters. The highest BCUT2D eigenvalue weighted by atomic mass is 35.5. The minimum atomic E-state index is -0.171. The van der Waals surface area contributed by atoms with Crippen LogP contribution in [-0.4, -0.2) is 48.9 Å². The van der Waals surface area contributed by atoms with Crippen LogP contribution < -0.4 is 10.6 Å². The lowest BCUT2D eigenvalue weighted by atomic mass is 10.0. The standard InChI is InChI=1S/C17H25N3O2.ClH/c1-13(19-17(22)14-7-4-3-5-8-14)11-16(21)20-10-6-9-15(12-20)18-2;/h3-5,7-8,13,15,18H,6,9-12H2,1-2H3,(H,19,22);1H. The van der Waals surface area contributed by atoms with E-state index in [4.69, 9.17) is 0 Å². The molecule has 5 nitrogen and oxygen atoms in total. The molecule has 6 heteroatoms. The molecule has 1 aromatic carbocycles. The fourth-order valence-corrected chi connectivity index (χ4v) is 2.78. The lowest BCUT2D eigenvalue weighted by Gasteiger charge is -2.33. The highest BCUT2D eigenvalue weighted by molar-refractivity contribution is 5.94. The summed E-state index contributed by atoms with van der Waals surface area (Å²) in [7, 11) is 1.93. The minimum Gasteiger partial charge on any atom is -0.349 e. The predicted molar refractivity (Wildman–Crippen MR) is 93.9 cm³/mol. The molecule has 0 spiro atoms. The Labute approximate surface area is 144 Å². The highest BCUT2D eigenvalue weighted by Crippen LogP contribution is 2.12. The van der Waals surface area contributed by atoms with Gasteiger partial charge in [-0.2, -0.15) is 0 Å². The number of nitrogens with one attached hydrogen (secondary N) is 2. The van der Waals surface area contributed by atoms with Crippen LogP contribution in [0.15, 0.2) is 30.3 Å². The molecular formula is C17H26ClN3O2. The van der Waals surface area contributed by atoms with Crippen molar-refractivity contribution in [1.82, 2.24) is 15.5 Å². The zero-order chi connectivity index (χ0) is 15.9. The van der Waals surface area contributed by atoms with Crippen LogP contribution in [0.25, 0.3) is 0 Å². The molecule has 0 aliphatic carbocycles. The van der Waals surface area contributed by atoms with Gasteiger partial charge < -0.3 is 15.5 Å². The monoisotopic (exact) mass is 339 g/mol. The second-order valence-corrected chi connectivity index (χ2v) is 5.91. The van der Waals surface area contributed by atoms with E-state index in [2.05, 4.69) is 10.6 Å². The zero-order valence-electron chi connectivity index (χ0n) is 13.7. The van der Waals surface area contributed by atoms with Gasteiger partial charge in [-0.05, 0) is 38.9 Å². The van der Waals surface area contributed by atoms with E-state index >= 15 is 0 Å². The Morgan fingerprint density at radius 1 is 1.30 bits per heavy atom. The van der Waals surface area contributed by atoms with Crippen molar-refractivity contribution in [3.8, 4) is 0 Å². The summed E-state index contributed by atoms with van der Waals surface area (Å²) in [5.41, 5.74) is 0.620. The van der Waals surface area contributed by atoms with Crippen LogP contribution >= 0.6 is 12.4 Å². The van der Waals surface area contributed by atoms with E-state index in [0.29, 0.717) is 18.0 Å². The van der Waals surface area contributed by atoms with Gasteiger partial charge in [-0.25, -0.2) is 0 Å². The maximum Gasteiger partial charge on any atom is 0.251 e. The highest BCUT2D eigenvalue weighted by Gasteiger charge is 2.24. The van der Waals surface area contributed by atoms with Gasteiger partial charge in [0.2, 0.25) is 5.91 Å². The molecule has 0 bridgehead atoms. The van der Waals surface area contributed by atoms with Gasteiger partial charge in [-0.15, -0.1) is 12.4 Å². The molecule has 1 fully saturated rings. The first-order chi connectivity index (χ1) is 10.6. The molecule has 1 saturated heterocycles. The van der Waals surface area contributed by atoms with Crippen molar-refractivity contribution < 1.29 is 9.59 Å². The van der Waals surface area contributed by atoms with E-state index in [9.17, 15) is 9.59 Å². The first kappa shape index (κ1) is 19.5. The number of nitrogens with zero attached hydrogens (tertiary/aromatic N) is 1. The molecule has 2 rings (SSSR count). The summed E-state index contributed by atoms with van der Waals surface area (Å²) in [6.07, 6.45) is 2.48. The number of carbonyl (C=O) groups is 2. The maximum absolute atomic E-state index is 12.3. The van der Waals surface area contributed by atoms with Crippen LogP contribution in [0.3, 0.4) is 0 Å². The third kappa shape index (κ3) is 5.84. The van der Waals surface area contributed by atoms with Crippen molar-refractivity contribution in [2.45, 2.75) is 38.3 Å². The number of hydrogen-bond donors (Lipinski definition) is 2. The van der Waals surface area contributed by atoms with Gasteiger partial charge in [0.25, 0.3) is 5.91 Å². The Kier molecular flexibility index (Phi) is 8.06. The third-order valence-electron chi connectivity index (χ3n) is 4.08. The topological polar surface area (TPSA) is 61.4 Å². The quantitative estimate of drug-likeness (QED) is 0.860. The normalized spacial score (nSPS) is 18.7. The van der Waals surface area contributed by atoms with Gasteiger partial charge in [0, 0.05) is 37.2 Å². The van der Waals surface area contributed by atoms with Crippen LogP contribution in [0.1, 0.15) is 36.5 Å². The predicted octanol–water partition coefficient (Wildman–Crippen LogP) is 1.83. The molecule has 2 amide bonds. The second kappa shape index (κ2) is 9.53.